The van der Waals surface area contributed by atoms with Gasteiger partial charge in [-0.3, -0.25) is 10.0 Å². The number of nitrogens with one attached hydrogen (secondary N) is 1. The molecule has 0 spiro atoms. The molecule has 0 aliphatic carbocycles. The van der Waals surface area contributed by atoms with Crippen LogP contribution in [0.3, 0.4) is 0 Å². The van der Waals surface area contributed by atoms with E-state index < -0.39 is 42.9 Å². The van der Waals surface area contributed by atoms with Crippen molar-refractivity contribution in [2.75, 3.05) is 32.9 Å². The van der Waals surface area contributed by atoms with Gasteiger partial charge in [0.25, 0.3) is 10.2 Å². The number of nitrogens with zero attached hydrogens (tertiary/aromatic N) is 2. The summed E-state index contributed by atoms with van der Waals surface area (Å²) >= 11 is 7.16. The second-order valence-corrected chi connectivity index (χ2v) is 13.7. The molecular formula is C19H24ClN3O6S3. The quantitative estimate of drug-likeness (QED) is 0.443. The largest absolute Gasteiger partial charge is 0.289 e. The molecule has 32 heavy (non-hydrogen) atoms. The molecule has 1 aliphatic heterocycles. The number of halogens is 1. The fourth-order valence-corrected chi connectivity index (χ4v) is 8.62. The van der Waals surface area contributed by atoms with Crippen molar-refractivity contribution in [3.05, 3.63) is 46.3 Å². The summed E-state index contributed by atoms with van der Waals surface area (Å²) < 4.78 is 52.7. The van der Waals surface area contributed by atoms with Crippen molar-refractivity contribution < 1.29 is 26.8 Å². The molecule has 2 N–H and O–H groups in total. The number of hydrogen-bond acceptors (Lipinski definition) is 7. The highest BCUT2D eigenvalue weighted by Gasteiger charge is 2.50. The lowest BCUT2D eigenvalue weighted by molar-refractivity contribution is -0.129. The van der Waals surface area contributed by atoms with Crippen LogP contribution in [0.25, 0.3) is 10.4 Å². The maximum Gasteiger partial charge on any atom is 0.281 e. The van der Waals surface area contributed by atoms with Crippen LogP contribution in [0.1, 0.15) is 17.7 Å². The van der Waals surface area contributed by atoms with Crippen molar-refractivity contribution in [3.8, 4) is 10.4 Å². The number of hydroxylamine groups is 1. The van der Waals surface area contributed by atoms with Crippen LogP contribution < -0.4 is 5.48 Å². The zero-order chi connectivity index (χ0) is 23.7. The standard InChI is InChI=1S/C19H24ClN3O6S3/c1-22(2)32(28,29)23-10-9-19(13-18(24)21-25,31(26,27)12-11-23)17-8-7-16(30-17)14-3-5-15(20)6-4-14/h3-8,25H,9-13H2,1-2H3,(H,21,24)/t19-/m0/s1. The molecule has 1 atom stereocenters. The third-order valence-electron chi connectivity index (χ3n) is 5.51. The summed E-state index contributed by atoms with van der Waals surface area (Å²) in [5.41, 5.74) is 2.34. The molecule has 13 heteroatoms. The molecule has 1 aromatic carbocycles. The van der Waals surface area contributed by atoms with Crippen molar-refractivity contribution >= 4 is 48.9 Å². The number of thiophene rings is 1. The Hall–Kier alpha value is -1.54. The number of benzene rings is 1. The third kappa shape index (κ3) is 4.72. The molecule has 1 fully saturated rings. The van der Waals surface area contributed by atoms with E-state index in [1.165, 1.54) is 30.9 Å². The molecule has 0 unspecified atom stereocenters. The van der Waals surface area contributed by atoms with Gasteiger partial charge in [-0.1, -0.05) is 23.7 Å². The summed E-state index contributed by atoms with van der Waals surface area (Å²) in [6.45, 7) is -0.312. The number of rotatable bonds is 6. The van der Waals surface area contributed by atoms with E-state index in [4.69, 9.17) is 16.8 Å². The van der Waals surface area contributed by atoms with Gasteiger partial charge < -0.3 is 0 Å². The van der Waals surface area contributed by atoms with Gasteiger partial charge in [-0.2, -0.15) is 17.0 Å². The highest BCUT2D eigenvalue weighted by atomic mass is 35.5. The number of carbonyl (C=O) groups excluding carboxylic acids is 1. The maximum atomic E-state index is 13.5. The Labute approximate surface area is 196 Å². The molecule has 1 amide bonds. The van der Waals surface area contributed by atoms with Gasteiger partial charge in [0.15, 0.2) is 9.84 Å². The maximum absolute atomic E-state index is 13.5. The first kappa shape index (κ1) is 25.1. The molecular weight excluding hydrogens is 498 g/mol. The van der Waals surface area contributed by atoms with E-state index in [1.54, 1.807) is 36.4 Å². The van der Waals surface area contributed by atoms with Gasteiger partial charge in [0, 0.05) is 42.0 Å². The minimum atomic E-state index is -3.98. The van der Waals surface area contributed by atoms with Crippen LogP contribution in [0.2, 0.25) is 5.02 Å². The fraction of sp³-hybridized carbons (Fsp3) is 0.421. The Morgan fingerprint density at radius 2 is 1.88 bits per heavy atom. The summed E-state index contributed by atoms with van der Waals surface area (Å²) in [7, 11) is -5.07. The Morgan fingerprint density at radius 3 is 2.47 bits per heavy atom. The summed E-state index contributed by atoms with van der Waals surface area (Å²) in [5, 5.41) is 9.68. The Morgan fingerprint density at radius 1 is 1.22 bits per heavy atom. The zero-order valence-corrected chi connectivity index (χ0v) is 20.7. The smallest absolute Gasteiger partial charge is 0.281 e. The van der Waals surface area contributed by atoms with Crippen LogP contribution in [0.4, 0.5) is 0 Å². The topological polar surface area (TPSA) is 124 Å². The average molecular weight is 522 g/mol. The van der Waals surface area contributed by atoms with Crippen LogP contribution in [0.15, 0.2) is 36.4 Å². The molecule has 9 nitrogen and oxygen atoms in total. The summed E-state index contributed by atoms with van der Waals surface area (Å²) in [6.07, 6.45) is -0.654. The monoisotopic (exact) mass is 521 g/mol. The Kier molecular flexibility index (Phi) is 7.35. The van der Waals surface area contributed by atoms with Gasteiger partial charge in [-0.05, 0) is 36.2 Å². The van der Waals surface area contributed by atoms with Gasteiger partial charge in [0.1, 0.15) is 4.75 Å². The van der Waals surface area contributed by atoms with E-state index in [1.807, 2.05) is 0 Å². The zero-order valence-electron chi connectivity index (χ0n) is 17.5. The van der Waals surface area contributed by atoms with Crippen LogP contribution in [0, 0.1) is 0 Å². The molecule has 0 bridgehead atoms. The number of sulfone groups is 1. The summed E-state index contributed by atoms with van der Waals surface area (Å²) in [5.74, 6) is -1.31. The molecule has 176 valence electrons. The second kappa shape index (κ2) is 9.37. The van der Waals surface area contributed by atoms with E-state index in [9.17, 15) is 21.6 Å². The first-order chi connectivity index (χ1) is 14.9. The van der Waals surface area contributed by atoms with Crippen molar-refractivity contribution in [2.24, 2.45) is 0 Å². The summed E-state index contributed by atoms with van der Waals surface area (Å²) in [6, 6.07) is 10.5. The average Bonchev–Trinajstić information content (AvgIpc) is 3.18. The van der Waals surface area contributed by atoms with Gasteiger partial charge in [0.2, 0.25) is 5.91 Å². The first-order valence-electron chi connectivity index (χ1n) is 9.62. The number of amides is 1. The molecule has 3 rings (SSSR count). The van der Waals surface area contributed by atoms with E-state index in [2.05, 4.69) is 0 Å². The predicted molar refractivity (Wildman–Crippen MR) is 124 cm³/mol. The predicted octanol–water partition coefficient (Wildman–Crippen LogP) is 2.09. The molecule has 1 aromatic heterocycles. The molecule has 1 saturated heterocycles. The fourth-order valence-electron chi connectivity index (χ4n) is 3.66. The molecule has 1 aliphatic rings. The minimum absolute atomic E-state index is 0.0906. The second-order valence-electron chi connectivity index (χ2n) is 7.63. The van der Waals surface area contributed by atoms with Gasteiger partial charge >= 0.3 is 0 Å². The molecule has 2 aromatic rings. The van der Waals surface area contributed by atoms with Gasteiger partial charge in [0.05, 0.1) is 12.2 Å². The van der Waals surface area contributed by atoms with Crippen molar-refractivity contribution in [3.63, 3.8) is 0 Å². The van der Waals surface area contributed by atoms with Crippen LogP contribution in [-0.2, 0) is 29.6 Å². The normalized spacial score (nSPS) is 21.9. The van der Waals surface area contributed by atoms with Crippen molar-refractivity contribution in [1.29, 1.82) is 0 Å². The van der Waals surface area contributed by atoms with Crippen LogP contribution in [0.5, 0.6) is 0 Å². The van der Waals surface area contributed by atoms with Crippen molar-refractivity contribution in [1.82, 2.24) is 14.1 Å². The number of carbonyl (C=O) groups is 1. The Balaban J connectivity index is 2.09. The SMILES string of the molecule is CN(C)S(=O)(=O)N1CC[C@](CC(=O)NO)(c2ccc(-c3ccc(Cl)cc3)s2)S(=O)(=O)CC1. The highest BCUT2D eigenvalue weighted by molar-refractivity contribution is 7.92. The van der Waals surface area contributed by atoms with E-state index in [0.29, 0.717) is 9.90 Å². The van der Waals surface area contributed by atoms with E-state index >= 15 is 0 Å². The lowest BCUT2D eigenvalue weighted by Gasteiger charge is -2.30. The lowest BCUT2D eigenvalue weighted by Crippen LogP contribution is -2.42. The molecule has 0 saturated carbocycles. The Bertz CT molecular complexity index is 1200. The van der Waals surface area contributed by atoms with Gasteiger partial charge in [-0.25, -0.2) is 13.9 Å². The van der Waals surface area contributed by atoms with Gasteiger partial charge in [-0.15, -0.1) is 11.3 Å². The molecule has 2 heterocycles. The van der Waals surface area contributed by atoms with E-state index in [0.717, 1.165) is 19.1 Å². The van der Waals surface area contributed by atoms with Crippen LogP contribution >= 0.6 is 22.9 Å². The van der Waals surface area contributed by atoms with Crippen LogP contribution in [-0.4, -0.2) is 69.5 Å². The van der Waals surface area contributed by atoms with E-state index in [-0.39, 0.29) is 19.5 Å². The lowest BCUT2D eigenvalue weighted by atomic mass is 9.97. The number of hydrogen-bond donors (Lipinski definition) is 2. The third-order valence-corrected chi connectivity index (χ3v) is 11.7. The summed E-state index contributed by atoms with van der Waals surface area (Å²) in [4.78, 5) is 13.4. The first-order valence-corrected chi connectivity index (χ1v) is 13.9. The molecule has 0 radical (unpaired) electrons. The highest BCUT2D eigenvalue weighted by Crippen LogP contribution is 2.45. The minimum Gasteiger partial charge on any atom is -0.289 e. The van der Waals surface area contributed by atoms with Crippen molar-refractivity contribution in [2.45, 2.75) is 17.6 Å².